The zero-order valence-electron chi connectivity index (χ0n) is 42.9. The van der Waals surface area contributed by atoms with Gasteiger partial charge >= 0.3 is 0 Å². The summed E-state index contributed by atoms with van der Waals surface area (Å²) in [7, 11) is 0. The summed E-state index contributed by atoms with van der Waals surface area (Å²) in [5.41, 5.74) is 23.1. The highest BCUT2D eigenvalue weighted by molar-refractivity contribution is 5.97. The molecule has 0 spiro atoms. The Hall–Kier alpha value is -5.22. The first-order chi connectivity index (χ1) is 29.4. The second-order valence-electron chi connectivity index (χ2n) is 14.5. The molecule has 0 aromatic heterocycles. The minimum atomic E-state index is 0.480. The zero-order chi connectivity index (χ0) is 49.2. The Morgan fingerprint density at radius 2 is 1.48 bits per heavy atom. The summed E-state index contributed by atoms with van der Waals surface area (Å²) >= 11 is 0. The van der Waals surface area contributed by atoms with Gasteiger partial charge < -0.3 is 27.4 Å². The Kier molecular flexibility index (Phi) is 46.6. The molecule has 0 aliphatic heterocycles. The number of nitrogens with zero attached hydrogens (tertiary/aromatic N) is 2. The topological polar surface area (TPSA) is 113 Å². The van der Waals surface area contributed by atoms with Crippen LogP contribution in [0.1, 0.15) is 160 Å². The van der Waals surface area contributed by atoms with Crippen LogP contribution in [-0.4, -0.2) is 18.5 Å². The second kappa shape index (κ2) is 43.9. The first-order valence-electron chi connectivity index (χ1n) is 22.6. The smallest absolute Gasteiger partial charge is 0.0601 e. The summed E-state index contributed by atoms with van der Waals surface area (Å²) in [6.45, 7) is 56.8. The van der Waals surface area contributed by atoms with Crippen molar-refractivity contribution in [2.45, 2.75) is 168 Å². The van der Waals surface area contributed by atoms with E-state index in [0.29, 0.717) is 30.1 Å². The number of hydrogen-bond acceptors (Lipinski definition) is 7. The van der Waals surface area contributed by atoms with Gasteiger partial charge in [0.2, 0.25) is 0 Å². The predicted molar refractivity (Wildman–Crippen MR) is 285 cm³/mol. The normalized spacial score (nSPS) is 13.2. The zero-order valence-corrected chi connectivity index (χ0v) is 42.9. The molecule has 0 bridgehead atoms. The van der Waals surface area contributed by atoms with Crippen LogP contribution in [0.3, 0.4) is 0 Å². The van der Waals surface area contributed by atoms with Gasteiger partial charge in [-0.1, -0.05) is 155 Å². The van der Waals surface area contributed by atoms with E-state index < -0.39 is 0 Å². The van der Waals surface area contributed by atoms with Gasteiger partial charge in [-0.05, 0) is 115 Å². The largest absolute Gasteiger partial charge is 0.403 e. The molecule has 0 saturated heterocycles. The van der Waals surface area contributed by atoms with E-state index in [0.717, 1.165) is 65.6 Å². The lowest BCUT2D eigenvalue weighted by atomic mass is 9.87. The Morgan fingerprint density at radius 3 is 1.90 bits per heavy atom. The van der Waals surface area contributed by atoms with Crippen molar-refractivity contribution in [1.29, 1.82) is 0 Å². The van der Waals surface area contributed by atoms with E-state index in [1.54, 1.807) is 20.0 Å². The van der Waals surface area contributed by atoms with E-state index in [1.807, 2.05) is 47.6 Å². The monoisotopic (exact) mass is 854 g/mol. The van der Waals surface area contributed by atoms with Crippen molar-refractivity contribution >= 4 is 12.4 Å². The van der Waals surface area contributed by atoms with E-state index in [9.17, 15) is 0 Å². The number of terminal acetylenes is 1. The first-order valence-corrected chi connectivity index (χ1v) is 22.6. The molecule has 7 heteroatoms. The van der Waals surface area contributed by atoms with Crippen molar-refractivity contribution in [2.75, 3.05) is 0 Å². The molecular formula is C55H95N7. The molecule has 3 unspecified atom stereocenters. The van der Waals surface area contributed by atoms with Crippen molar-refractivity contribution in [2.24, 2.45) is 33.3 Å². The van der Waals surface area contributed by atoms with Gasteiger partial charge in [0.1, 0.15) is 0 Å². The van der Waals surface area contributed by atoms with Gasteiger partial charge in [-0.25, -0.2) is 0 Å². The van der Waals surface area contributed by atoms with Crippen molar-refractivity contribution < 1.29 is 0 Å². The fourth-order valence-corrected chi connectivity index (χ4v) is 5.31. The summed E-state index contributed by atoms with van der Waals surface area (Å²) in [6, 6.07) is 8.88. The van der Waals surface area contributed by atoms with Gasteiger partial charge in [-0.15, -0.1) is 12.3 Å². The molecule has 0 saturated carbocycles. The van der Waals surface area contributed by atoms with Crippen LogP contribution in [0.25, 0.3) is 0 Å². The molecule has 62 heavy (non-hydrogen) atoms. The second-order valence-corrected chi connectivity index (χ2v) is 14.5. The van der Waals surface area contributed by atoms with Crippen molar-refractivity contribution in [3.63, 3.8) is 0 Å². The molecule has 3 atom stereocenters. The van der Waals surface area contributed by atoms with E-state index in [4.69, 9.17) is 11.5 Å². The van der Waals surface area contributed by atoms with Crippen LogP contribution in [0.2, 0.25) is 0 Å². The maximum atomic E-state index is 5.90. The molecule has 7 N–H and O–H groups in total. The van der Waals surface area contributed by atoms with Gasteiger partial charge in [-0.3, -0.25) is 9.98 Å². The maximum Gasteiger partial charge on any atom is 0.0601 e. The molecule has 1 aliphatic rings. The third-order valence-electron chi connectivity index (χ3n) is 8.98. The number of nitrogens with one attached hydrogen (secondary N) is 3. The molecule has 0 fully saturated rings. The Balaban J connectivity index is -0.000000271. The molecule has 1 aliphatic carbocycles. The maximum absolute atomic E-state index is 5.90. The number of hydrogen-bond donors (Lipinski definition) is 5. The van der Waals surface area contributed by atoms with Crippen LogP contribution in [0.15, 0.2) is 142 Å². The third-order valence-corrected chi connectivity index (χ3v) is 8.98. The lowest BCUT2D eigenvalue weighted by molar-refractivity contribution is 0.374. The van der Waals surface area contributed by atoms with E-state index in [2.05, 4.69) is 170 Å². The lowest BCUT2D eigenvalue weighted by Crippen LogP contribution is -2.34. The predicted octanol–water partition coefficient (Wildman–Crippen LogP) is 14.5. The minimum absolute atomic E-state index is 0.480. The number of nitrogens with two attached hydrogens (primary N) is 2. The summed E-state index contributed by atoms with van der Waals surface area (Å²) in [4.78, 5) is 8.13. The fraction of sp³-hybridized carbons (Fsp3) is 0.491. The Labute approximate surface area is 384 Å². The number of aliphatic imine (C=N–C) groups is 2. The summed E-state index contributed by atoms with van der Waals surface area (Å²) in [5, 5.41) is 10.3. The fourth-order valence-electron chi connectivity index (χ4n) is 5.31. The average Bonchev–Trinajstić information content (AvgIpc) is 3.26. The molecule has 1 aromatic rings. The lowest BCUT2D eigenvalue weighted by Gasteiger charge is -2.28. The average molecular weight is 854 g/mol. The van der Waals surface area contributed by atoms with Crippen LogP contribution in [0.5, 0.6) is 0 Å². The summed E-state index contributed by atoms with van der Waals surface area (Å²) in [6.07, 6.45) is 19.3. The van der Waals surface area contributed by atoms with E-state index in [-0.39, 0.29) is 0 Å². The van der Waals surface area contributed by atoms with Crippen LogP contribution in [-0.2, 0) is 13.1 Å². The van der Waals surface area contributed by atoms with Gasteiger partial charge in [0, 0.05) is 48.8 Å². The SMILES string of the molecule is C#CC.C=C(C)N.C=C/C(C)=C(\C)C(C)CCC(NC(=C)CC)C(/C=C\C)CC.C=N/C=C(\C)N=C(C)C(=C)NCc1cccc(CNC2=C(N)C(=C)C2)c1.CC.CC.CCC. The highest BCUT2D eigenvalue weighted by Gasteiger charge is 2.20. The van der Waals surface area contributed by atoms with Crippen LogP contribution in [0, 0.1) is 24.2 Å². The van der Waals surface area contributed by atoms with Crippen LogP contribution < -0.4 is 27.4 Å². The summed E-state index contributed by atoms with van der Waals surface area (Å²) < 4.78 is 0. The van der Waals surface area contributed by atoms with E-state index >= 15 is 0 Å². The molecular weight excluding hydrogens is 759 g/mol. The molecule has 2 rings (SSSR count). The quantitative estimate of drug-likeness (QED) is 0.0388. The molecule has 1 aromatic carbocycles. The molecule has 350 valence electrons. The molecule has 0 amide bonds. The van der Waals surface area contributed by atoms with Crippen molar-refractivity contribution in [1.82, 2.24) is 16.0 Å². The van der Waals surface area contributed by atoms with Crippen LogP contribution in [0.4, 0.5) is 0 Å². The molecule has 0 heterocycles. The van der Waals surface area contributed by atoms with Gasteiger partial charge in [0.25, 0.3) is 0 Å². The van der Waals surface area contributed by atoms with Gasteiger partial charge in [0.15, 0.2) is 0 Å². The van der Waals surface area contributed by atoms with Crippen LogP contribution >= 0.6 is 0 Å². The number of benzene rings is 1. The van der Waals surface area contributed by atoms with Crippen molar-refractivity contribution in [3.8, 4) is 12.3 Å². The van der Waals surface area contributed by atoms with Crippen molar-refractivity contribution in [3.05, 3.63) is 144 Å². The van der Waals surface area contributed by atoms with E-state index in [1.165, 1.54) is 41.5 Å². The Bertz CT molecular complexity index is 1620. The number of rotatable bonds is 20. The number of allylic oxidation sites excluding steroid dienone is 10. The standard InChI is InChI=1S/C21H27N5.C21H37N.C3H7N.C3H8.C3H4.2C2H6/c1-14-9-20(21(14)22)25-13-19-8-6-7-18(10-19)12-24-16(3)17(4)26-15(2)11-23-5;1-9-13-20(12-4)21(22-18(7)11-3)15-14-17(6)19(8)16(5)10-2;1-3(2)4;2*1-3-2;2*1-2/h6-8,10-11,24-25H,1,3,5,9,12-13,22H2,2,4H3;9-10,13,17,20-22H,2,7,11-12,14-15H2,1,3-6,8H3;1,4H2,2H3;3H2,1-2H3;1H,2H3;2*1-2H3/b15-11+,26-17?;13-9-,19-16+;;;;;. The third kappa shape index (κ3) is 34.5. The Morgan fingerprint density at radius 1 is 0.968 bits per heavy atom. The first kappa shape index (κ1) is 65.9. The summed E-state index contributed by atoms with van der Waals surface area (Å²) in [5.74, 6) is 3.42. The highest BCUT2D eigenvalue weighted by Crippen LogP contribution is 2.27. The molecule has 0 radical (unpaired) electrons. The van der Waals surface area contributed by atoms with Gasteiger partial charge in [0.05, 0.1) is 17.1 Å². The minimum Gasteiger partial charge on any atom is -0.403 e. The van der Waals surface area contributed by atoms with Gasteiger partial charge in [-0.2, -0.15) is 0 Å². The molecule has 7 nitrogen and oxygen atoms in total. The highest BCUT2D eigenvalue weighted by atomic mass is 14.9.